The smallest absolute Gasteiger partial charge is 0.269 e. The number of nitro benzene ring substituents is 1. The van der Waals surface area contributed by atoms with Crippen LogP contribution in [-0.4, -0.2) is 21.0 Å². The SMILES string of the molecule is Cc1cc(CN(Cc2ccc([N+](=O)[O-])cc2)C2CC2)no1. The van der Waals surface area contributed by atoms with Gasteiger partial charge in [0.15, 0.2) is 0 Å². The van der Waals surface area contributed by atoms with Gasteiger partial charge in [-0.25, -0.2) is 0 Å². The standard InChI is InChI=1S/C15H17N3O3/c1-11-8-13(16-21-11)10-17(14-6-7-14)9-12-2-4-15(5-3-12)18(19)20/h2-5,8,14H,6-7,9-10H2,1H3. The summed E-state index contributed by atoms with van der Waals surface area (Å²) in [4.78, 5) is 12.6. The molecule has 0 aliphatic heterocycles. The Morgan fingerprint density at radius 3 is 2.57 bits per heavy atom. The molecule has 1 aliphatic rings. The topological polar surface area (TPSA) is 72.4 Å². The molecule has 21 heavy (non-hydrogen) atoms. The van der Waals surface area contributed by atoms with Crippen LogP contribution in [0.1, 0.15) is 29.9 Å². The lowest BCUT2D eigenvalue weighted by molar-refractivity contribution is -0.384. The van der Waals surface area contributed by atoms with Gasteiger partial charge in [0.2, 0.25) is 0 Å². The Morgan fingerprint density at radius 2 is 2.05 bits per heavy atom. The molecular formula is C15H17N3O3. The molecule has 0 spiro atoms. The van der Waals surface area contributed by atoms with Gasteiger partial charge in [0, 0.05) is 37.3 Å². The number of nitrogens with zero attached hydrogens (tertiary/aromatic N) is 3. The highest BCUT2D eigenvalue weighted by Gasteiger charge is 2.29. The predicted octanol–water partition coefficient (Wildman–Crippen LogP) is 3.06. The monoisotopic (exact) mass is 287 g/mol. The molecule has 1 fully saturated rings. The zero-order chi connectivity index (χ0) is 14.8. The van der Waals surface area contributed by atoms with Crippen molar-refractivity contribution >= 4 is 5.69 Å². The summed E-state index contributed by atoms with van der Waals surface area (Å²) in [5.41, 5.74) is 2.14. The second-order valence-electron chi connectivity index (χ2n) is 5.49. The van der Waals surface area contributed by atoms with Crippen LogP contribution in [0.25, 0.3) is 0 Å². The molecule has 6 nitrogen and oxygen atoms in total. The van der Waals surface area contributed by atoms with Crippen LogP contribution in [0.5, 0.6) is 0 Å². The van der Waals surface area contributed by atoms with E-state index in [4.69, 9.17) is 4.52 Å². The number of rotatable bonds is 6. The Kier molecular flexibility index (Phi) is 3.70. The summed E-state index contributed by atoms with van der Waals surface area (Å²) in [5, 5.41) is 14.7. The van der Waals surface area contributed by atoms with E-state index in [1.54, 1.807) is 12.1 Å². The lowest BCUT2D eigenvalue weighted by atomic mass is 10.2. The second kappa shape index (κ2) is 5.65. The molecule has 1 saturated carbocycles. The first-order chi connectivity index (χ1) is 10.1. The van der Waals surface area contributed by atoms with E-state index in [2.05, 4.69) is 10.1 Å². The summed E-state index contributed by atoms with van der Waals surface area (Å²) in [5.74, 6) is 0.816. The van der Waals surface area contributed by atoms with Crippen LogP contribution in [0.2, 0.25) is 0 Å². The second-order valence-corrected chi connectivity index (χ2v) is 5.49. The van der Waals surface area contributed by atoms with Gasteiger partial charge >= 0.3 is 0 Å². The number of non-ortho nitro benzene ring substituents is 1. The van der Waals surface area contributed by atoms with Crippen LogP contribution in [0.15, 0.2) is 34.9 Å². The molecule has 0 saturated heterocycles. The van der Waals surface area contributed by atoms with Crippen LogP contribution in [0, 0.1) is 17.0 Å². The number of aromatic nitrogens is 1. The Labute approximate surface area is 122 Å². The molecular weight excluding hydrogens is 270 g/mol. The lowest BCUT2D eigenvalue weighted by Gasteiger charge is -2.20. The molecule has 0 bridgehead atoms. The van der Waals surface area contributed by atoms with Gasteiger partial charge in [0.25, 0.3) is 5.69 Å². The zero-order valence-electron chi connectivity index (χ0n) is 11.9. The molecule has 2 aromatic rings. The number of aryl methyl sites for hydroxylation is 1. The van der Waals surface area contributed by atoms with Crippen LogP contribution in [0.3, 0.4) is 0 Å². The first kappa shape index (κ1) is 13.8. The number of hydrogen-bond acceptors (Lipinski definition) is 5. The van der Waals surface area contributed by atoms with Gasteiger partial charge in [-0.05, 0) is 25.3 Å². The lowest BCUT2D eigenvalue weighted by Crippen LogP contribution is -2.25. The van der Waals surface area contributed by atoms with Gasteiger partial charge in [-0.3, -0.25) is 15.0 Å². The van der Waals surface area contributed by atoms with Gasteiger partial charge in [0.05, 0.1) is 10.6 Å². The van der Waals surface area contributed by atoms with Gasteiger partial charge in [-0.2, -0.15) is 0 Å². The molecule has 3 rings (SSSR count). The Balaban J connectivity index is 1.68. The molecule has 0 atom stereocenters. The zero-order valence-corrected chi connectivity index (χ0v) is 11.9. The fourth-order valence-electron chi connectivity index (χ4n) is 2.41. The average molecular weight is 287 g/mol. The maximum Gasteiger partial charge on any atom is 0.269 e. The average Bonchev–Trinajstić information content (AvgIpc) is 3.23. The van der Waals surface area contributed by atoms with Crippen molar-refractivity contribution in [3.8, 4) is 0 Å². The summed E-state index contributed by atoms with van der Waals surface area (Å²) >= 11 is 0. The van der Waals surface area contributed by atoms with Gasteiger partial charge < -0.3 is 4.52 Å². The minimum absolute atomic E-state index is 0.129. The van der Waals surface area contributed by atoms with Crippen molar-refractivity contribution in [1.29, 1.82) is 0 Å². The molecule has 1 aromatic heterocycles. The van der Waals surface area contributed by atoms with E-state index in [0.29, 0.717) is 6.04 Å². The molecule has 110 valence electrons. The van der Waals surface area contributed by atoms with Crippen molar-refractivity contribution in [3.05, 3.63) is 57.5 Å². The van der Waals surface area contributed by atoms with Crippen LogP contribution >= 0.6 is 0 Å². The van der Waals surface area contributed by atoms with Gasteiger partial charge in [-0.15, -0.1) is 0 Å². The van der Waals surface area contributed by atoms with Crippen molar-refractivity contribution in [3.63, 3.8) is 0 Å². The first-order valence-electron chi connectivity index (χ1n) is 7.01. The normalized spacial score (nSPS) is 14.6. The molecule has 0 radical (unpaired) electrons. The van der Waals surface area contributed by atoms with Crippen LogP contribution in [0.4, 0.5) is 5.69 Å². The minimum Gasteiger partial charge on any atom is -0.361 e. The highest BCUT2D eigenvalue weighted by atomic mass is 16.6. The maximum absolute atomic E-state index is 10.7. The van der Waals surface area contributed by atoms with E-state index >= 15 is 0 Å². The molecule has 0 unspecified atom stereocenters. The molecule has 0 amide bonds. The van der Waals surface area contributed by atoms with E-state index < -0.39 is 0 Å². The van der Waals surface area contributed by atoms with E-state index in [1.807, 2.05) is 25.1 Å². The number of benzene rings is 1. The van der Waals surface area contributed by atoms with E-state index in [-0.39, 0.29) is 10.6 Å². The van der Waals surface area contributed by atoms with E-state index in [1.165, 1.54) is 12.8 Å². The molecule has 6 heteroatoms. The van der Waals surface area contributed by atoms with Crippen molar-refractivity contribution in [2.45, 2.75) is 38.9 Å². The van der Waals surface area contributed by atoms with Crippen molar-refractivity contribution in [2.24, 2.45) is 0 Å². The fourth-order valence-corrected chi connectivity index (χ4v) is 2.41. The largest absolute Gasteiger partial charge is 0.361 e. The Bertz CT molecular complexity index is 632. The summed E-state index contributed by atoms with van der Waals surface area (Å²) in [6.07, 6.45) is 2.40. The molecule has 0 N–H and O–H groups in total. The highest BCUT2D eigenvalue weighted by molar-refractivity contribution is 5.32. The fraction of sp³-hybridized carbons (Fsp3) is 0.400. The minimum atomic E-state index is -0.374. The number of hydrogen-bond donors (Lipinski definition) is 0. The highest BCUT2D eigenvalue weighted by Crippen LogP contribution is 2.30. The third-order valence-corrected chi connectivity index (χ3v) is 3.64. The van der Waals surface area contributed by atoms with Crippen LogP contribution < -0.4 is 0 Å². The third kappa shape index (κ3) is 3.46. The van der Waals surface area contributed by atoms with Gasteiger partial charge in [-0.1, -0.05) is 17.3 Å². The van der Waals surface area contributed by atoms with Crippen molar-refractivity contribution < 1.29 is 9.45 Å². The van der Waals surface area contributed by atoms with E-state index in [9.17, 15) is 10.1 Å². The van der Waals surface area contributed by atoms with Crippen molar-refractivity contribution in [1.82, 2.24) is 10.1 Å². The molecule has 1 aromatic carbocycles. The predicted molar refractivity (Wildman–Crippen MR) is 76.6 cm³/mol. The Morgan fingerprint density at radius 1 is 1.33 bits per heavy atom. The molecule has 1 heterocycles. The van der Waals surface area contributed by atoms with E-state index in [0.717, 1.165) is 30.1 Å². The summed E-state index contributed by atoms with van der Waals surface area (Å²) in [7, 11) is 0. The Hall–Kier alpha value is -2.21. The molecule has 1 aliphatic carbocycles. The quantitative estimate of drug-likeness (QED) is 0.603. The van der Waals surface area contributed by atoms with Gasteiger partial charge in [0.1, 0.15) is 5.76 Å². The van der Waals surface area contributed by atoms with Crippen LogP contribution in [-0.2, 0) is 13.1 Å². The summed E-state index contributed by atoms with van der Waals surface area (Å²) in [6.45, 7) is 3.40. The maximum atomic E-state index is 10.7. The summed E-state index contributed by atoms with van der Waals surface area (Å²) < 4.78 is 5.11. The first-order valence-corrected chi connectivity index (χ1v) is 7.01. The summed E-state index contributed by atoms with van der Waals surface area (Å²) in [6, 6.07) is 9.28. The number of nitro groups is 1. The third-order valence-electron chi connectivity index (χ3n) is 3.64. The van der Waals surface area contributed by atoms with Crippen molar-refractivity contribution in [2.75, 3.05) is 0 Å².